The Morgan fingerprint density at radius 1 is 1.14 bits per heavy atom. The fourth-order valence-electron chi connectivity index (χ4n) is 3.60. The molecule has 5 heteroatoms. The van der Waals surface area contributed by atoms with Crippen LogP contribution in [0.3, 0.4) is 0 Å². The second-order valence-electron chi connectivity index (χ2n) is 7.07. The number of carboxylic acids is 1. The standard InChI is InChI=1S/C16H28N2O3/c1-12-5-4-6-13(2)18(12)14(19)11-17-9-7-16(3,8-10-17)15(20)21/h12-13H,4-11H2,1-3H3,(H,20,21). The fourth-order valence-corrected chi connectivity index (χ4v) is 3.60. The molecule has 2 atom stereocenters. The maximum atomic E-state index is 12.6. The Bertz CT molecular complexity index is 392. The van der Waals surface area contributed by atoms with Crippen LogP contribution in [0.1, 0.15) is 52.9 Å². The van der Waals surface area contributed by atoms with Crippen LogP contribution in [0.5, 0.6) is 0 Å². The Morgan fingerprint density at radius 2 is 1.67 bits per heavy atom. The van der Waals surface area contributed by atoms with Crippen molar-refractivity contribution in [2.45, 2.75) is 65.0 Å². The van der Waals surface area contributed by atoms with Crippen molar-refractivity contribution in [1.82, 2.24) is 9.80 Å². The summed E-state index contributed by atoms with van der Waals surface area (Å²) in [6, 6.07) is 0.658. The van der Waals surface area contributed by atoms with Gasteiger partial charge in [0.05, 0.1) is 12.0 Å². The van der Waals surface area contributed by atoms with E-state index in [-0.39, 0.29) is 5.91 Å². The van der Waals surface area contributed by atoms with Crippen molar-refractivity contribution in [3.05, 3.63) is 0 Å². The third-order valence-electron chi connectivity index (χ3n) is 5.32. The molecular formula is C16H28N2O3. The summed E-state index contributed by atoms with van der Waals surface area (Å²) in [6.45, 7) is 7.90. The van der Waals surface area contributed by atoms with Crippen LogP contribution < -0.4 is 0 Å². The third kappa shape index (κ3) is 3.57. The molecule has 0 aliphatic carbocycles. The highest BCUT2D eigenvalue weighted by Gasteiger charge is 2.38. The average molecular weight is 296 g/mol. The molecule has 5 nitrogen and oxygen atoms in total. The Labute approximate surface area is 127 Å². The molecule has 2 saturated heterocycles. The van der Waals surface area contributed by atoms with Crippen molar-refractivity contribution in [2.24, 2.45) is 5.41 Å². The van der Waals surface area contributed by atoms with Gasteiger partial charge in [-0.1, -0.05) is 0 Å². The fraction of sp³-hybridized carbons (Fsp3) is 0.875. The van der Waals surface area contributed by atoms with E-state index in [2.05, 4.69) is 18.7 Å². The van der Waals surface area contributed by atoms with E-state index in [9.17, 15) is 14.7 Å². The molecule has 2 heterocycles. The van der Waals surface area contributed by atoms with Gasteiger partial charge in [-0.05, 0) is 66.0 Å². The molecule has 2 unspecified atom stereocenters. The van der Waals surface area contributed by atoms with Crippen LogP contribution in [-0.2, 0) is 9.59 Å². The van der Waals surface area contributed by atoms with Crippen LogP contribution in [0.4, 0.5) is 0 Å². The topological polar surface area (TPSA) is 60.9 Å². The van der Waals surface area contributed by atoms with Crippen molar-refractivity contribution in [3.63, 3.8) is 0 Å². The summed E-state index contributed by atoms with van der Waals surface area (Å²) < 4.78 is 0. The van der Waals surface area contributed by atoms with E-state index in [1.807, 2.05) is 11.8 Å². The van der Waals surface area contributed by atoms with E-state index in [0.29, 0.717) is 44.6 Å². The first-order chi connectivity index (χ1) is 9.83. The third-order valence-corrected chi connectivity index (χ3v) is 5.32. The zero-order valence-corrected chi connectivity index (χ0v) is 13.5. The Morgan fingerprint density at radius 3 is 2.14 bits per heavy atom. The Kier molecular flexibility index (Phi) is 4.91. The van der Waals surface area contributed by atoms with Crippen molar-refractivity contribution >= 4 is 11.9 Å². The second-order valence-corrected chi connectivity index (χ2v) is 7.07. The number of amides is 1. The summed E-state index contributed by atoms with van der Waals surface area (Å²) >= 11 is 0. The van der Waals surface area contributed by atoms with Gasteiger partial charge in [-0.3, -0.25) is 14.5 Å². The van der Waals surface area contributed by atoms with Gasteiger partial charge in [0, 0.05) is 12.1 Å². The lowest BCUT2D eigenvalue weighted by Crippen LogP contribution is -2.52. The molecule has 1 N–H and O–H groups in total. The smallest absolute Gasteiger partial charge is 0.309 e. The van der Waals surface area contributed by atoms with E-state index in [0.717, 1.165) is 12.8 Å². The second kappa shape index (κ2) is 6.34. The van der Waals surface area contributed by atoms with Gasteiger partial charge in [-0.25, -0.2) is 0 Å². The number of carbonyl (C=O) groups excluding carboxylic acids is 1. The lowest BCUT2D eigenvalue weighted by molar-refractivity contribution is -0.151. The molecule has 1 amide bonds. The average Bonchev–Trinajstić information content (AvgIpc) is 2.41. The molecule has 0 spiro atoms. The highest BCUT2D eigenvalue weighted by molar-refractivity contribution is 5.79. The van der Waals surface area contributed by atoms with E-state index in [4.69, 9.17) is 0 Å². The SMILES string of the molecule is CC1CCCC(C)N1C(=O)CN1CCC(C)(C(=O)O)CC1. The zero-order chi connectivity index (χ0) is 15.6. The quantitative estimate of drug-likeness (QED) is 0.865. The van der Waals surface area contributed by atoms with Crippen molar-refractivity contribution in [1.29, 1.82) is 0 Å². The molecule has 0 aromatic rings. The first-order valence-corrected chi connectivity index (χ1v) is 8.10. The Balaban J connectivity index is 1.88. The summed E-state index contributed by atoms with van der Waals surface area (Å²) in [5, 5.41) is 9.25. The molecule has 21 heavy (non-hydrogen) atoms. The number of nitrogens with zero attached hydrogens (tertiary/aromatic N) is 2. The van der Waals surface area contributed by atoms with Crippen molar-refractivity contribution in [2.75, 3.05) is 19.6 Å². The molecule has 2 rings (SSSR count). The van der Waals surface area contributed by atoms with E-state index in [1.54, 1.807) is 0 Å². The lowest BCUT2D eigenvalue weighted by atomic mass is 9.80. The number of aliphatic carboxylic acids is 1. The largest absolute Gasteiger partial charge is 0.481 e. The summed E-state index contributed by atoms with van der Waals surface area (Å²) in [7, 11) is 0. The van der Waals surface area contributed by atoms with Crippen molar-refractivity contribution < 1.29 is 14.7 Å². The summed E-state index contributed by atoms with van der Waals surface area (Å²) in [5.41, 5.74) is -0.620. The number of hydrogen-bond acceptors (Lipinski definition) is 3. The molecular weight excluding hydrogens is 268 g/mol. The summed E-state index contributed by atoms with van der Waals surface area (Å²) in [6.07, 6.45) is 4.63. The van der Waals surface area contributed by atoms with E-state index >= 15 is 0 Å². The van der Waals surface area contributed by atoms with Crippen LogP contribution in [-0.4, -0.2) is 58.5 Å². The van der Waals surface area contributed by atoms with Crippen LogP contribution in [0.15, 0.2) is 0 Å². The van der Waals surface area contributed by atoms with Crippen molar-refractivity contribution in [3.8, 4) is 0 Å². The molecule has 120 valence electrons. The highest BCUT2D eigenvalue weighted by Crippen LogP contribution is 2.31. The van der Waals surface area contributed by atoms with Crippen LogP contribution in [0.2, 0.25) is 0 Å². The zero-order valence-electron chi connectivity index (χ0n) is 13.5. The molecule has 0 bridgehead atoms. The maximum absolute atomic E-state index is 12.6. The predicted molar refractivity (Wildman–Crippen MR) is 81.0 cm³/mol. The van der Waals surface area contributed by atoms with Gasteiger partial charge < -0.3 is 10.0 Å². The summed E-state index contributed by atoms with van der Waals surface area (Å²) in [5.74, 6) is -0.514. The molecule has 0 radical (unpaired) electrons. The van der Waals surface area contributed by atoms with Crippen LogP contribution >= 0.6 is 0 Å². The first-order valence-electron chi connectivity index (χ1n) is 8.10. The highest BCUT2D eigenvalue weighted by atomic mass is 16.4. The van der Waals surface area contributed by atoms with Gasteiger partial charge in [0.2, 0.25) is 5.91 Å². The summed E-state index contributed by atoms with van der Waals surface area (Å²) in [4.78, 5) is 27.9. The molecule has 0 saturated carbocycles. The van der Waals surface area contributed by atoms with E-state index < -0.39 is 11.4 Å². The van der Waals surface area contributed by atoms with Crippen LogP contribution in [0, 0.1) is 5.41 Å². The maximum Gasteiger partial charge on any atom is 0.309 e. The minimum absolute atomic E-state index is 0.202. The number of piperidine rings is 2. The molecule has 0 aromatic heterocycles. The Hall–Kier alpha value is -1.10. The number of carbonyl (C=O) groups is 2. The lowest BCUT2D eigenvalue weighted by Gasteiger charge is -2.41. The van der Waals surface area contributed by atoms with Gasteiger partial charge in [0.15, 0.2) is 0 Å². The first kappa shape index (κ1) is 16.3. The predicted octanol–water partition coefficient (Wildman–Crippen LogP) is 1.96. The monoisotopic (exact) mass is 296 g/mol. The minimum atomic E-state index is -0.716. The van der Waals surface area contributed by atoms with Gasteiger partial charge >= 0.3 is 5.97 Å². The van der Waals surface area contributed by atoms with Gasteiger partial charge in [-0.2, -0.15) is 0 Å². The van der Waals surface area contributed by atoms with Gasteiger partial charge in [0.1, 0.15) is 0 Å². The number of carboxylic acid groups (broad SMARTS) is 1. The minimum Gasteiger partial charge on any atom is -0.481 e. The molecule has 2 fully saturated rings. The number of rotatable bonds is 3. The number of likely N-dealkylation sites (tertiary alicyclic amines) is 2. The number of hydrogen-bond donors (Lipinski definition) is 1. The molecule has 2 aliphatic heterocycles. The van der Waals surface area contributed by atoms with Crippen LogP contribution in [0.25, 0.3) is 0 Å². The van der Waals surface area contributed by atoms with E-state index in [1.165, 1.54) is 6.42 Å². The van der Waals surface area contributed by atoms with Gasteiger partial charge in [0.25, 0.3) is 0 Å². The molecule has 2 aliphatic rings. The normalized spacial score (nSPS) is 30.1. The van der Waals surface area contributed by atoms with Gasteiger partial charge in [-0.15, -0.1) is 0 Å². The molecule has 0 aromatic carbocycles.